The van der Waals surface area contributed by atoms with E-state index in [0.29, 0.717) is 0 Å². The first-order chi connectivity index (χ1) is 9.81. The van der Waals surface area contributed by atoms with E-state index in [9.17, 15) is 0 Å². The lowest BCUT2D eigenvalue weighted by molar-refractivity contribution is 0.413. The SMILES string of the molecule is CC.CNc1ccc(NSc2cccc(OC)c2)nc1. The molecular formula is C15H21N3OS. The summed E-state index contributed by atoms with van der Waals surface area (Å²) in [5.41, 5.74) is 0.993. The molecule has 1 aromatic heterocycles. The highest BCUT2D eigenvalue weighted by Gasteiger charge is 1.98. The Morgan fingerprint density at radius 2 is 1.95 bits per heavy atom. The third-order valence-electron chi connectivity index (χ3n) is 2.37. The molecule has 108 valence electrons. The zero-order chi connectivity index (χ0) is 14.8. The first-order valence-electron chi connectivity index (χ1n) is 6.52. The van der Waals surface area contributed by atoms with Gasteiger partial charge in [-0.15, -0.1) is 0 Å². The normalized spacial score (nSPS) is 9.20. The van der Waals surface area contributed by atoms with Crippen molar-refractivity contribution in [3.63, 3.8) is 0 Å². The summed E-state index contributed by atoms with van der Waals surface area (Å²) in [6.07, 6.45) is 1.79. The molecule has 0 fully saturated rings. The quantitative estimate of drug-likeness (QED) is 0.805. The average Bonchev–Trinajstić information content (AvgIpc) is 2.55. The lowest BCUT2D eigenvalue weighted by Crippen LogP contribution is -1.93. The Labute approximate surface area is 125 Å². The molecule has 0 atom stereocenters. The second-order valence-corrected chi connectivity index (χ2v) is 4.44. The highest BCUT2D eigenvalue weighted by Crippen LogP contribution is 2.23. The van der Waals surface area contributed by atoms with Crippen LogP contribution in [0, 0.1) is 0 Å². The van der Waals surface area contributed by atoms with E-state index in [1.807, 2.05) is 57.3 Å². The number of anilines is 2. The number of benzene rings is 1. The molecule has 1 heterocycles. The number of ether oxygens (including phenoxy) is 1. The van der Waals surface area contributed by atoms with Gasteiger partial charge in [0.15, 0.2) is 0 Å². The minimum Gasteiger partial charge on any atom is -0.497 e. The van der Waals surface area contributed by atoms with E-state index in [1.54, 1.807) is 13.3 Å². The van der Waals surface area contributed by atoms with Crippen LogP contribution in [0.3, 0.4) is 0 Å². The number of methoxy groups -OCH3 is 1. The smallest absolute Gasteiger partial charge is 0.136 e. The van der Waals surface area contributed by atoms with Gasteiger partial charge in [-0.1, -0.05) is 19.9 Å². The Hall–Kier alpha value is -1.88. The van der Waals surface area contributed by atoms with Crippen molar-refractivity contribution in [3.8, 4) is 5.75 Å². The van der Waals surface area contributed by atoms with Gasteiger partial charge in [-0.05, 0) is 42.3 Å². The predicted octanol–water partition coefficient (Wildman–Crippen LogP) is 4.28. The van der Waals surface area contributed by atoms with Crippen LogP contribution in [0.2, 0.25) is 0 Å². The third kappa shape index (κ3) is 5.01. The van der Waals surface area contributed by atoms with Gasteiger partial charge in [0.1, 0.15) is 11.6 Å². The molecule has 0 saturated heterocycles. The fourth-order valence-electron chi connectivity index (χ4n) is 1.38. The van der Waals surface area contributed by atoms with Crippen LogP contribution in [0.5, 0.6) is 5.75 Å². The molecule has 1 aromatic carbocycles. The molecule has 2 rings (SSSR count). The minimum atomic E-state index is 0.821. The van der Waals surface area contributed by atoms with Crippen LogP contribution in [0.25, 0.3) is 0 Å². The topological polar surface area (TPSA) is 46.2 Å². The van der Waals surface area contributed by atoms with Crippen molar-refractivity contribution in [2.75, 3.05) is 24.2 Å². The van der Waals surface area contributed by atoms with Crippen LogP contribution in [-0.2, 0) is 0 Å². The van der Waals surface area contributed by atoms with Crippen molar-refractivity contribution in [1.82, 2.24) is 4.98 Å². The van der Waals surface area contributed by atoms with Gasteiger partial charge in [0, 0.05) is 11.9 Å². The first-order valence-corrected chi connectivity index (χ1v) is 7.34. The Bertz CT molecular complexity index is 503. The maximum absolute atomic E-state index is 5.17. The zero-order valence-corrected chi connectivity index (χ0v) is 13.1. The van der Waals surface area contributed by atoms with Gasteiger partial charge in [-0.3, -0.25) is 0 Å². The molecular weight excluding hydrogens is 270 g/mol. The number of aromatic nitrogens is 1. The molecule has 0 aliphatic heterocycles. The molecule has 5 heteroatoms. The van der Waals surface area contributed by atoms with Gasteiger partial charge in [-0.25, -0.2) is 4.98 Å². The Kier molecular flexibility index (Phi) is 7.35. The van der Waals surface area contributed by atoms with Crippen molar-refractivity contribution in [3.05, 3.63) is 42.6 Å². The molecule has 20 heavy (non-hydrogen) atoms. The van der Waals surface area contributed by atoms with Crippen molar-refractivity contribution < 1.29 is 4.74 Å². The lowest BCUT2D eigenvalue weighted by Gasteiger charge is -2.06. The zero-order valence-electron chi connectivity index (χ0n) is 12.3. The fraction of sp³-hybridized carbons (Fsp3) is 0.267. The fourth-order valence-corrected chi connectivity index (χ4v) is 2.04. The summed E-state index contributed by atoms with van der Waals surface area (Å²) in [5.74, 6) is 1.67. The summed E-state index contributed by atoms with van der Waals surface area (Å²) in [7, 11) is 3.53. The molecule has 0 aliphatic rings. The second-order valence-electron chi connectivity index (χ2n) is 3.57. The van der Waals surface area contributed by atoms with Crippen LogP contribution in [0.4, 0.5) is 11.5 Å². The van der Waals surface area contributed by atoms with E-state index < -0.39 is 0 Å². The standard InChI is InChI=1S/C13H15N3OS.C2H6/c1-14-10-6-7-13(15-9-10)16-18-12-5-3-4-11(8-12)17-2;1-2/h3-9,14H,1-2H3,(H,15,16);1-2H3. The van der Waals surface area contributed by atoms with Crippen LogP contribution in [0.15, 0.2) is 47.5 Å². The Morgan fingerprint density at radius 1 is 1.15 bits per heavy atom. The number of hydrogen-bond donors (Lipinski definition) is 2. The van der Waals surface area contributed by atoms with E-state index in [1.165, 1.54) is 11.9 Å². The lowest BCUT2D eigenvalue weighted by atomic mass is 10.3. The number of nitrogens with one attached hydrogen (secondary N) is 2. The maximum Gasteiger partial charge on any atom is 0.136 e. The van der Waals surface area contributed by atoms with E-state index in [4.69, 9.17) is 4.74 Å². The largest absolute Gasteiger partial charge is 0.497 e. The molecule has 0 bridgehead atoms. The van der Waals surface area contributed by atoms with E-state index in [0.717, 1.165) is 22.2 Å². The number of hydrogen-bond acceptors (Lipinski definition) is 5. The van der Waals surface area contributed by atoms with Gasteiger partial charge < -0.3 is 14.8 Å². The summed E-state index contributed by atoms with van der Waals surface area (Å²) < 4.78 is 8.36. The van der Waals surface area contributed by atoms with Gasteiger partial charge in [-0.2, -0.15) is 0 Å². The number of rotatable bonds is 5. The van der Waals surface area contributed by atoms with Gasteiger partial charge >= 0.3 is 0 Å². The van der Waals surface area contributed by atoms with Crippen LogP contribution >= 0.6 is 11.9 Å². The summed E-state index contributed by atoms with van der Waals surface area (Å²) >= 11 is 1.50. The Morgan fingerprint density at radius 3 is 2.55 bits per heavy atom. The average molecular weight is 291 g/mol. The van der Waals surface area contributed by atoms with Crippen molar-refractivity contribution in [1.29, 1.82) is 0 Å². The molecule has 0 unspecified atom stereocenters. The molecule has 0 amide bonds. The van der Waals surface area contributed by atoms with E-state index in [2.05, 4.69) is 15.0 Å². The summed E-state index contributed by atoms with van der Waals surface area (Å²) in [5, 5.41) is 3.03. The molecule has 0 saturated carbocycles. The highest BCUT2D eigenvalue weighted by molar-refractivity contribution is 8.00. The maximum atomic E-state index is 5.17. The van der Waals surface area contributed by atoms with Gasteiger partial charge in [0.25, 0.3) is 0 Å². The van der Waals surface area contributed by atoms with Crippen LogP contribution in [-0.4, -0.2) is 19.1 Å². The Balaban J connectivity index is 0.000000956. The van der Waals surface area contributed by atoms with Crippen molar-refractivity contribution >= 4 is 23.5 Å². The summed E-state index contributed by atoms with van der Waals surface area (Å²) in [4.78, 5) is 5.36. The van der Waals surface area contributed by atoms with E-state index in [-0.39, 0.29) is 0 Å². The number of pyridine rings is 1. The van der Waals surface area contributed by atoms with Gasteiger partial charge in [0.05, 0.1) is 19.0 Å². The van der Waals surface area contributed by atoms with Crippen LogP contribution < -0.4 is 14.8 Å². The molecule has 2 N–H and O–H groups in total. The van der Waals surface area contributed by atoms with Gasteiger partial charge in [0.2, 0.25) is 0 Å². The van der Waals surface area contributed by atoms with Crippen molar-refractivity contribution in [2.45, 2.75) is 18.7 Å². The first kappa shape index (κ1) is 16.2. The second kappa shape index (κ2) is 9.09. The van der Waals surface area contributed by atoms with Crippen LogP contribution in [0.1, 0.15) is 13.8 Å². The minimum absolute atomic E-state index is 0.821. The molecule has 4 nitrogen and oxygen atoms in total. The predicted molar refractivity (Wildman–Crippen MR) is 87.6 cm³/mol. The highest BCUT2D eigenvalue weighted by atomic mass is 32.2. The molecule has 0 spiro atoms. The number of nitrogens with zero attached hydrogens (tertiary/aromatic N) is 1. The molecule has 0 aliphatic carbocycles. The molecule has 0 radical (unpaired) electrons. The molecule has 2 aromatic rings. The monoisotopic (exact) mass is 291 g/mol. The van der Waals surface area contributed by atoms with E-state index >= 15 is 0 Å². The summed E-state index contributed by atoms with van der Waals surface area (Å²) in [6.45, 7) is 4.00. The van der Waals surface area contributed by atoms with Crippen molar-refractivity contribution in [2.24, 2.45) is 0 Å². The summed E-state index contributed by atoms with van der Waals surface area (Å²) in [6, 6.07) is 11.8. The third-order valence-corrected chi connectivity index (χ3v) is 3.17.